The fraction of sp³-hybridized carbons (Fsp3) is 0.364. The molecular formula is C11H12F3N3. The lowest BCUT2D eigenvalue weighted by Gasteiger charge is -2.24. The number of halogens is 3. The molecule has 1 heterocycles. The Kier molecular flexibility index (Phi) is 2.73. The zero-order valence-electron chi connectivity index (χ0n) is 9.20. The first kappa shape index (κ1) is 11.8. The molecule has 0 amide bonds. The highest BCUT2D eigenvalue weighted by Crippen LogP contribution is 2.36. The Balaban J connectivity index is 2.41. The molecule has 0 bridgehead atoms. The van der Waals surface area contributed by atoms with Crippen molar-refractivity contribution in [2.75, 3.05) is 13.6 Å². The number of guanidine groups is 1. The number of rotatable bonds is 1. The number of hydrogen-bond acceptors (Lipinski definition) is 3. The Labute approximate surface area is 96.7 Å². The van der Waals surface area contributed by atoms with Crippen LogP contribution in [-0.4, -0.2) is 24.5 Å². The first-order valence-corrected chi connectivity index (χ1v) is 5.10. The number of likely N-dealkylation sites (N-methyl/N-ethyl adjacent to an activating group) is 1. The van der Waals surface area contributed by atoms with Gasteiger partial charge in [0.1, 0.15) is 0 Å². The second-order valence-corrected chi connectivity index (χ2v) is 3.91. The molecule has 0 spiro atoms. The van der Waals surface area contributed by atoms with Crippen LogP contribution >= 0.6 is 0 Å². The molecule has 17 heavy (non-hydrogen) atoms. The highest BCUT2D eigenvalue weighted by Gasteiger charge is 2.37. The van der Waals surface area contributed by atoms with Crippen LogP contribution in [0.2, 0.25) is 0 Å². The van der Waals surface area contributed by atoms with Gasteiger partial charge >= 0.3 is 6.18 Å². The smallest absolute Gasteiger partial charge is 0.370 e. The van der Waals surface area contributed by atoms with Gasteiger partial charge in [-0.2, -0.15) is 13.2 Å². The van der Waals surface area contributed by atoms with E-state index in [0.29, 0.717) is 0 Å². The third-order valence-electron chi connectivity index (χ3n) is 2.88. The summed E-state index contributed by atoms with van der Waals surface area (Å²) in [6, 6.07) is 5.08. The highest BCUT2D eigenvalue weighted by molar-refractivity contribution is 5.80. The summed E-state index contributed by atoms with van der Waals surface area (Å²) in [5.41, 5.74) is 5.15. The zero-order chi connectivity index (χ0) is 12.6. The summed E-state index contributed by atoms with van der Waals surface area (Å²) >= 11 is 0. The number of nitrogens with two attached hydrogens (primary N) is 1. The molecule has 2 N–H and O–H groups in total. The van der Waals surface area contributed by atoms with Gasteiger partial charge in [-0.1, -0.05) is 18.2 Å². The first-order chi connectivity index (χ1) is 7.91. The second-order valence-electron chi connectivity index (χ2n) is 3.91. The van der Waals surface area contributed by atoms with E-state index >= 15 is 0 Å². The van der Waals surface area contributed by atoms with E-state index in [2.05, 4.69) is 4.99 Å². The molecule has 1 aromatic rings. The van der Waals surface area contributed by atoms with Gasteiger partial charge in [-0.05, 0) is 11.6 Å². The molecule has 92 valence electrons. The van der Waals surface area contributed by atoms with Crippen LogP contribution in [-0.2, 0) is 6.18 Å². The minimum Gasteiger partial charge on any atom is -0.370 e. The molecule has 0 fully saturated rings. The maximum absolute atomic E-state index is 12.8. The van der Waals surface area contributed by atoms with Crippen LogP contribution < -0.4 is 5.73 Å². The molecular weight excluding hydrogens is 231 g/mol. The summed E-state index contributed by atoms with van der Waals surface area (Å²) in [7, 11) is 1.64. The van der Waals surface area contributed by atoms with Crippen molar-refractivity contribution in [1.82, 2.24) is 4.90 Å². The largest absolute Gasteiger partial charge is 0.416 e. The second kappa shape index (κ2) is 3.94. The first-order valence-electron chi connectivity index (χ1n) is 5.10. The van der Waals surface area contributed by atoms with Crippen LogP contribution in [0, 0.1) is 0 Å². The van der Waals surface area contributed by atoms with Crippen LogP contribution in [0.25, 0.3) is 0 Å². The molecule has 3 nitrogen and oxygen atoms in total. The predicted octanol–water partition coefficient (Wildman–Crippen LogP) is 2.01. The summed E-state index contributed by atoms with van der Waals surface area (Å²) in [5.74, 6) is 0.270. The maximum Gasteiger partial charge on any atom is 0.416 e. The van der Waals surface area contributed by atoms with Gasteiger partial charge in [-0.25, -0.2) is 0 Å². The lowest BCUT2D eigenvalue weighted by molar-refractivity contribution is -0.138. The molecule has 6 heteroatoms. The Morgan fingerprint density at radius 3 is 2.53 bits per heavy atom. The van der Waals surface area contributed by atoms with Crippen molar-refractivity contribution in [1.29, 1.82) is 0 Å². The number of alkyl halides is 3. The van der Waals surface area contributed by atoms with E-state index in [4.69, 9.17) is 5.73 Å². The quantitative estimate of drug-likeness (QED) is 0.819. The van der Waals surface area contributed by atoms with Gasteiger partial charge in [-0.15, -0.1) is 0 Å². The molecule has 0 aliphatic carbocycles. The minimum atomic E-state index is -4.35. The van der Waals surface area contributed by atoms with Crippen LogP contribution in [0.3, 0.4) is 0 Å². The fourth-order valence-electron chi connectivity index (χ4n) is 1.93. The van der Waals surface area contributed by atoms with Crippen molar-refractivity contribution in [3.63, 3.8) is 0 Å². The SMILES string of the molecule is CN1C(N)=NCC1c1ccccc1C(F)(F)F. The molecule has 0 saturated carbocycles. The van der Waals surface area contributed by atoms with Crippen molar-refractivity contribution < 1.29 is 13.2 Å². The summed E-state index contributed by atoms with van der Waals surface area (Å²) in [6.07, 6.45) is -4.35. The van der Waals surface area contributed by atoms with Crippen LogP contribution in [0.1, 0.15) is 17.2 Å². The van der Waals surface area contributed by atoms with Gasteiger partial charge in [-0.3, -0.25) is 4.99 Å². The maximum atomic E-state index is 12.8. The Morgan fingerprint density at radius 2 is 2.00 bits per heavy atom. The Morgan fingerprint density at radius 1 is 1.35 bits per heavy atom. The molecule has 1 atom stereocenters. The van der Waals surface area contributed by atoms with Gasteiger partial charge in [0.25, 0.3) is 0 Å². The van der Waals surface area contributed by atoms with E-state index in [1.54, 1.807) is 18.0 Å². The van der Waals surface area contributed by atoms with E-state index in [1.807, 2.05) is 0 Å². The zero-order valence-corrected chi connectivity index (χ0v) is 9.20. The van der Waals surface area contributed by atoms with E-state index in [0.717, 1.165) is 6.07 Å². The fourth-order valence-corrected chi connectivity index (χ4v) is 1.93. The number of nitrogens with zero attached hydrogens (tertiary/aromatic N) is 2. The van der Waals surface area contributed by atoms with Gasteiger partial charge < -0.3 is 10.6 Å². The van der Waals surface area contributed by atoms with E-state index < -0.39 is 17.8 Å². The molecule has 0 aromatic heterocycles. The Bertz CT molecular complexity index is 454. The van der Waals surface area contributed by atoms with Crippen LogP contribution in [0.15, 0.2) is 29.3 Å². The molecule has 1 aromatic carbocycles. The monoisotopic (exact) mass is 243 g/mol. The normalized spacial score (nSPS) is 20.6. The summed E-state index contributed by atoms with van der Waals surface area (Å²) in [5, 5.41) is 0. The Hall–Kier alpha value is -1.72. The number of hydrogen-bond donors (Lipinski definition) is 1. The van der Waals surface area contributed by atoms with Crippen molar-refractivity contribution in [3.05, 3.63) is 35.4 Å². The lowest BCUT2D eigenvalue weighted by atomic mass is 9.99. The van der Waals surface area contributed by atoms with E-state index in [1.165, 1.54) is 12.1 Å². The van der Waals surface area contributed by atoms with Gasteiger partial charge in [0.2, 0.25) is 0 Å². The van der Waals surface area contributed by atoms with Gasteiger partial charge in [0.15, 0.2) is 5.96 Å². The average Bonchev–Trinajstić information content (AvgIpc) is 2.59. The van der Waals surface area contributed by atoms with Crippen LogP contribution in [0.5, 0.6) is 0 Å². The number of benzene rings is 1. The third-order valence-corrected chi connectivity index (χ3v) is 2.88. The highest BCUT2D eigenvalue weighted by atomic mass is 19.4. The van der Waals surface area contributed by atoms with Crippen molar-refractivity contribution in [2.45, 2.75) is 12.2 Å². The van der Waals surface area contributed by atoms with E-state index in [-0.39, 0.29) is 18.1 Å². The third kappa shape index (κ3) is 2.07. The molecule has 1 aliphatic heterocycles. The number of aliphatic imine (C=N–C) groups is 1. The summed E-state index contributed by atoms with van der Waals surface area (Å²) in [4.78, 5) is 5.51. The molecule has 0 radical (unpaired) electrons. The van der Waals surface area contributed by atoms with Crippen molar-refractivity contribution in [3.8, 4) is 0 Å². The lowest BCUT2D eigenvalue weighted by Crippen LogP contribution is -2.33. The molecule has 1 unspecified atom stereocenters. The molecule has 1 aliphatic rings. The van der Waals surface area contributed by atoms with Gasteiger partial charge in [0, 0.05) is 7.05 Å². The van der Waals surface area contributed by atoms with Crippen LogP contribution in [0.4, 0.5) is 13.2 Å². The van der Waals surface area contributed by atoms with Gasteiger partial charge in [0.05, 0.1) is 18.2 Å². The molecule has 2 rings (SSSR count). The van der Waals surface area contributed by atoms with Crippen molar-refractivity contribution >= 4 is 5.96 Å². The average molecular weight is 243 g/mol. The standard InChI is InChI=1S/C11H12F3N3/c1-17-9(6-16-10(17)15)7-4-2-3-5-8(7)11(12,13)14/h2-5,9H,6H2,1H3,(H2,15,16). The van der Waals surface area contributed by atoms with E-state index in [9.17, 15) is 13.2 Å². The topological polar surface area (TPSA) is 41.6 Å². The minimum absolute atomic E-state index is 0.215. The van der Waals surface area contributed by atoms with Crippen molar-refractivity contribution in [2.24, 2.45) is 10.7 Å². The summed E-state index contributed by atoms with van der Waals surface area (Å²) < 4.78 is 38.5. The summed E-state index contributed by atoms with van der Waals surface area (Å²) in [6.45, 7) is 0.259. The predicted molar refractivity (Wildman–Crippen MR) is 58.4 cm³/mol. The molecule has 0 saturated heterocycles.